The number of likely N-dealkylation sites (tertiary alicyclic amines) is 1. The first kappa shape index (κ1) is 22.0. The Morgan fingerprint density at radius 2 is 1.97 bits per heavy atom. The summed E-state index contributed by atoms with van der Waals surface area (Å²) < 4.78 is 40.4. The van der Waals surface area contributed by atoms with Gasteiger partial charge in [-0.15, -0.1) is 22.7 Å². The van der Waals surface area contributed by atoms with Crippen molar-refractivity contribution in [2.24, 2.45) is 0 Å². The lowest BCUT2D eigenvalue weighted by Crippen LogP contribution is -2.44. The fourth-order valence-corrected chi connectivity index (χ4v) is 5.30. The molecule has 1 spiro atoms. The van der Waals surface area contributed by atoms with Crippen molar-refractivity contribution in [1.82, 2.24) is 14.5 Å². The van der Waals surface area contributed by atoms with Gasteiger partial charge in [0.05, 0.1) is 23.3 Å². The number of halogens is 3. The Labute approximate surface area is 184 Å². The maximum Gasteiger partial charge on any atom is 0.490 e. The summed E-state index contributed by atoms with van der Waals surface area (Å²) in [6, 6.07) is 8.64. The molecule has 1 unspecified atom stereocenters. The maximum atomic E-state index is 10.6. The van der Waals surface area contributed by atoms with Gasteiger partial charge >= 0.3 is 12.1 Å². The molecule has 3 aromatic rings. The van der Waals surface area contributed by atoms with Gasteiger partial charge in [0.1, 0.15) is 18.0 Å². The van der Waals surface area contributed by atoms with Crippen LogP contribution in [0, 0.1) is 0 Å². The number of fused-ring (bicyclic) bond motifs is 1. The van der Waals surface area contributed by atoms with Crippen molar-refractivity contribution >= 4 is 28.6 Å². The van der Waals surface area contributed by atoms with E-state index >= 15 is 0 Å². The molecule has 166 valence electrons. The molecule has 5 rings (SSSR count). The lowest BCUT2D eigenvalue weighted by Gasteiger charge is -2.35. The zero-order chi connectivity index (χ0) is 22.1. The first-order valence-electron chi connectivity index (χ1n) is 9.53. The van der Waals surface area contributed by atoms with E-state index < -0.39 is 12.1 Å². The third-order valence-electron chi connectivity index (χ3n) is 5.26. The Balaban J connectivity index is 0.000000289. The second kappa shape index (κ2) is 8.73. The number of aromatic nitrogens is 2. The van der Waals surface area contributed by atoms with Crippen LogP contribution in [0.15, 0.2) is 41.2 Å². The van der Waals surface area contributed by atoms with E-state index in [4.69, 9.17) is 14.6 Å². The highest BCUT2D eigenvalue weighted by Gasteiger charge is 2.43. The van der Waals surface area contributed by atoms with E-state index in [1.807, 2.05) is 17.5 Å². The maximum absolute atomic E-state index is 10.6. The molecule has 0 amide bonds. The second-order valence-electron chi connectivity index (χ2n) is 7.44. The molecule has 1 saturated heterocycles. The molecule has 0 saturated carbocycles. The van der Waals surface area contributed by atoms with Crippen molar-refractivity contribution in [3.63, 3.8) is 0 Å². The van der Waals surface area contributed by atoms with Crippen LogP contribution in [-0.4, -0.2) is 50.4 Å². The van der Waals surface area contributed by atoms with E-state index in [0.29, 0.717) is 6.61 Å². The van der Waals surface area contributed by atoms with Crippen LogP contribution >= 0.6 is 22.7 Å². The number of hydrogen-bond donors (Lipinski definition) is 1. The van der Waals surface area contributed by atoms with Gasteiger partial charge in [-0.3, -0.25) is 4.90 Å². The number of ether oxygens (including phenoxy) is 1. The average Bonchev–Trinajstić information content (AvgIpc) is 3.49. The van der Waals surface area contributed by atoms with E-state index in [9.17, 15) is 13.2 Å². The number of carboxylic acids is 1. The van der Waals surface area contributed by atoms with E-state index in [1.165, 1.54) is 15.4 Å². The Kier molecular flexibility index (Phi) is 6.20. The fourth-order valence-electron chi connectivity index (χ4n) is 3.81. The van der Waals surface area contributed by atoms with Gasteiger partial charge in [-0.1, -0.05) is 12.1 Å². The number of nitrogens with zero attached hydrogens (tertiary/aromatic N) is 3. The molecule has 0 bridgehead atoms. The number of imidazole rings is 1. The molecule has 1 fully saturated rings. The molecular weight excluding hydrogens is 451 g/mol. The summed E-state index contributed by atoms with van der Waals surface area (Å²) in [5, 5.41) is 11.4. The molecule has 1 N–H and O–H groups in total. The monoisotopic (exact) mass is 471 g/mol. The third-order valence-corrected chi connectivity index (χ3v) is 7.02. The molecule has 6 nitrogen and oxygen atoms in total. The van der Waals surface area contributed by atoms with Crippen LogP contribution in [0.5, 0.6) is 0 Å². The summed E-state index contributed by atoms with van der Waals surface area (Å²) in [5.74, 6) is -1.70. The number of carboxylic acid groups (broad SMARTS) is 1. The number of rotatable bonds is 3. The van der Waals surface area contributed by atoms with Gasteiger partial charge in [-0.05, 0) is 29.3 Å². The SMILES string of the molecule is O=C(O)C(F)(F)F.c1csc(CN2CCC3(C2)Cn2c(-c4cccs4)cnc2CO3)c1. The zero-order valence-electron chi connectivity index (χ0n) is 16.3. The summed E-state index contributed by atoms with van der Waals surface area (Å²) in [6.45, 7) is 4.69. The lowest BCUT2D eigenvalue weighted by atomic mass is 10.0. The van der Waals surface area contributed by atoms with E-state index in [-0.39, 0.29) is 5.60 Å². The van der Waals surface area contributed by atoms with Gasteiger partial charge < -0.3 is 14.4 Å². The Morgan fingerprint density at radius 3 is 2.61 bits per heavy atom. The van der Waals surface area contributed by atoms with E-state index in [0.717, 1.165) is 38.4 Å². The molecule has 0 radical (unpaired) electrons. The van der Waals surface area contributed by atoms with Crippen molar-refractivity contribution in [3.8, 4) is 10.6 Å². The molecule has 1 atom stereocenters. The van der Waals surface area contributed by atoms with Gasteiger partial charge in [0.2, 0.25) is 0 Å². The smallest absolute Gasteiger partial charge is 0.475 e. The number of carbonyl (C=O) groups is 1. The van der Waals surface area contributed by atoms with Crippen molar-refractivity contribution in [2.45, 2.75) is 37.9 Å². The Bertz CT molecular complexity index is 1020. The van der Waals surface area contributed by atoms with Crippen molar-refractivity contribution in [2.75, 3.05) is 13.1 Å². The van der Waals surface area contributed by atoms with Crippen LogP contribution < -0.4 is 0 Å². The van der Waals surface area contributed by atoms with Crippen LogP contribution in [-0.2, 0) is 29.2 Å². The predicted molar refractivity (Wildman–Crippen MR) is 111 cm³/mol. The number of thiophene rings is 2. The molecule has 0 aromatic carbocycles. The summed E-state index contributed by atoms with van der Waals surface area (Å²) in [5.41, 5.74) is 1.18. The minimum absolute atomic E-state index is 0.0586. The Morgan fingerprint density at radius 1 is 1.23 bits per heavy atom. The first-order chi connectivity index (χ1) is 14.8. The van der Waals surface area contributed by atoms with Crippen LogP contribution in [0.3, 0.4) is 0 Å². The molecule has 2 aliphatic heterocycles. The fraction of sp³-hybridized carbons (Fsp3) is 0.400. The van der Waals surface area contributed by atoms with Crippen molar-refractivity contribution < 1.29 is 27.8 Å². The third kappa shape index (κ3) is 5.00. The molecule has 3 aromatic heterocycles. The minimum atomic E-state index is -5.08. The summed E-state index contributed by atoms with van der Waals surface area (Å²) in [4.78, 5) is 18.7. The molecule has 31 heavy (non-hydrogen) atoms. The highest BCUT2D eigenvalue weighted by Crippen LogP contribution is 2.36. The average molecular weight is 472 g/mol. The molecular formula is C20H20F3N3O3S2. The largest absolute Gasteiger partial charge is 0.490 e. The van der Waals surface area contributed by atoms with Gasteiger partial charge in [0.25, 0.3) is 0 Å². The van der Waals surface area contributed by atoms with E-state index in [2.05, 4.69) is 49.5 Å². The van der Waals surface area contributed by atoms with Crippen molar-refractivity contribution in [3.05, 3.63) is 51.9 Å². The Hall–Kier alpha value is -2.21. The topological polar surface area (TPSA) is 67.6 Å². The molecule has 0 aliphatic carbocycles. The summed E-state index contributed by atoms with van der Waals surface area (Å²) in [7, 11) is 0. The van der Waals surface area contributed by atoms with Crippen LogP contribution in [0.25, 0.3) is 10.6 Å². The summed E-state index contributed by atoms with van der Waals surface area (Å²) in [6.07, 6.45) is -1.98. The summed E-state index contributed by atoms with van der Waals surface area (Å²) >= 11 is 3.62. The van der Waals surface area contributed by atoms with Crippen LogP contribution in [0.2, 0.25) is 0 Å². The number of aliphatic carboxylic acids is 1. The first-order valence-corrected chi connectivity index (χ1v) is 11.3. The normalized spacial score (nSPS) is 21.0. The minimum Gasteiger partial charge on any atom is -0.475 e. The second-order valence-corrected chi connectivity index (χ2v) is 9.42. The van der Waals surface area contributed by atoms with E-state index in [1.54, 1.807) is 11.3 Å². The number of alkyl halides is 3. The van der Waals surface area contributed by atoms with Gasteiger partial charge in [0, 0.05) is 24.5 Å². The van der Waals surface area contributed by atoms with Crippen LogP contribution in [0.4, 0.5) is 13.2 Å². The van der Waals surface area contributed by atoms with Crippen LogP contribution in [0.1, 0.15) is 17.1 Å². The number of hydrogen-bond acceptors (Lipinski definition) is 6. The molecule has 11 heteroatoms. The quantitative estimate of drug-likeness (QED) is 0.610. The highest BCUT2D eigenvalue weighted by atomic mass is 32.1. The van der Waals surface area contributed by atoms with Gasteiger partial charge in [-0.2, -0.15) is 13.2 Å². The zero-order valence-corrected chi connectivity index (χ0v) is 18.0. The standard InChI is InChI=1S/C18H19N3OS2.C2HF3O2/c1-3-14(23-7-1)10-20-6-5-18(12-20)13-21-15(16-4-2-8-24-16)9-19-17(21)11-22-18;3-2(4,5)1(6)7/h1-4,7-9H,5-6,10-13H2;(H,6,7). The molecule has 5 heterocycles. The lowest BCUT2D eigenvalue weighted by molar-refractivity contribution is -0.192. The highest BCUT2D eigenvalue weighted by molar-refractivity contribution is 7.13. The van der Waals surface area contributed by atoms with Gasteiger partial charge in [0.15, 0.2) is 0 Å². The van der Waals surface area contributed by atoms with Gasteiger partial charge in [-0.25, -0.2) is 9.78 Å². The predicted octanol–water partition coefficient (Wildman–Crippen LogP) is 4.48. The van der Waals surface area contributed by atoms with Crippen molar-refractivity contribution in [1.29, 1.82) is 0 Å². The molecule has 2 aliphatic rings.